The zero-order chi connectivity index (χ0) is 24.5. The maximum absolute atomic E-state index is 13.0. The average Bonchev–Trinajstić information content (AvgIpc) is 3.57. The molecule has 35 heavy (non-hydrogen) atoms. The molecule has 5 rings (SSSR count). The van der Waals surface area contributed by atoms with Gasteiger partial charge in [0.05, 0.1) is 6.42 Å². The van der Waals surface area contributed by atoms with E-state index in [2.05, 4.69) is 34.9 Å². The molecule has 3 aliphatic rings. The summed E-state index contributed by atoms with van der Waals surface area (Å²) in [6, 6.07) is 16.3. The lowest BCUT2D eigenvalue weighted by Crippen LogP contribution is -2.52. The number of carboxylic acid groups (broad SMARTS) is 1. The van der Waals surface area contributed by atoms with Crippen LogP contribution in [0.5, 0.6) is 0 Å². The van der Waals surface area contributed by atoms with Gasteiger partial charge in [0.1, 0.15) is 12.1 Å². The fraction of sp³-hybridized carbons (Fsp3) is 0.464. The fourth-order valence-electron chi connectivity index (χ4n) is 5.84. The first-order valence-electron chi connectivity index (χ1n) is 12.5. The number of amides is 2. The van der Waals surface area contributed by atoms with Crippen LogP contribution in [-0.2, 0) is 14.3 Å². The highest BCUT2D eigenvalue weighted by Crippen LogP contribution is 2.45. The molecule has 0 heterocycles. The van der Waals surface area contributed by atoms with Gasteiger partial charge in [-0.15, -0.1) is 0 Å². The second-order valence-corrected chi connectivity index (χ2v) is 10.3. The molecule has 0 aromatic heterocycles. The van der Waals surface area contributed by atoms with Crippen LogP contribution in [0.25, 0.3) is 11.1 Å². The monoisotopic (exact) mass is 476 g/mol. The van der Waals surface area contributed by atoms with E-state index in [4.69, 9.17) is 4.74 Å². The molecule has 7 heteroatoms. The van der Waals surface area contributed by atoms with Gasteiger partial charge in [-0.25, -0.2) is 4.79 Å². The highest BCUT2D eigenvalue weighted by atomic mass is 16.5. The third-order valence-corrected chi connectivity index (χ3v) is 7.93. The van der Waals surface area contributed by atoms with Crippen molar-refractivity contribution in [3.05, 3.63) is 59.7 Å². The Morgan fingerprint density at radius 3 is 2.06 bits per heavy atom. The quantitative estimate of drug-likeness (QED) is 0.517. The number of alkyl carbamates (subject to hydrolysis) is 1. The van der Waals surface area contributed by atoms with Crippen LogP contribution in [0.15, 0.2) is 48.5 Å². The van der Waals surface area contributed by atoms with E-state index in [1.807, 2.05) is 24.3 Å². The highest BCUT2D eigenvalue weighted by Gasteiger charge is 2.52. The zero-order valence-electron chi connectivity index (χ0n) is 19.8. The van der Waals surface area contributed by atoms with E-state index in [1.54, 1.807) is 0 Å². The lowest BCUT2D eigenvalue weighted by atomic mass is 9.71. The SMILES string of the molecule is O=C(O)CC1(CNC(=O)C2(NC(=O)OCC3c4ccccc4-c4ccccc43)CC2)CCCCC1. The van der Waals surface area contributed by atoms with Gasteiger partial charge in [0.2, 0.25) is 5.91 Å². The minimum atomic E-state index is -0.957. The first-order chi connectivity index (χ1) is 16.9. The second kappa shape index (κ2) is 9.36. The molecule has 0 radical (unpaired) electrons. The predicted octanol–water partition coefficient (Wildman–Crippen LogP) is 4.60. The summed E-state index contributed by atoms with van der Waals surface area (Å²) < 4.78 is 5.62. The normalized spacial score (nSPS) is 19.2. The van der Waals surface area contributed by atoms with Crippen LogP contribution in [-0.4, -0.2) is 41.8 Å². The van der Waals surface area contributed by atoms with Crippen LogP contribution in [0.4, 0.5) is 4.79 Å². The Morgan fingerprint density at radius 1 is 0.886 bits per heavy atom. The van der Waals surface area contributed by atoms with E-state index in [-0.39, 0.29) is 24.9 Å². The molecule has 0 atom stereocenters. The van der Waals surface area contributed by atoms with Gasteiger partial charge in [0, 0.05) is 12.5 Å². The summed E-state index contributed by atoms with van der Waals surface area (Å²) in [6.07, 6.45) is 5.21. The molecule has 2 fully saturated rings. The molecule has 2 aromatic carbocycles. The van der Waals surface area contributed by atoms with Crippen molar-refractivity contribution in [1.29, 1.82) is 0 Å². The van der Waals surface area contributed by atoms with Crippen LogP contribution in [0.3, 0.4) is 0 Å². The number of carboxylic acids is 1. The first-order valence-corrected chi connectivity index (χ1v) is 12.5. The standard InChI is InChI=1S/C28H32N2O5/c31-24(32)16-27(12-6-1-7-13-27)18-29-25(33)28(14-15-28)30-26(34)35-17-23-21-10-4-2-8-19(21)20-9-3-5-11-22(20)23/h2-5,8-11,23H,1,6-7,12-18H2,(H,29,33)(H,30,34)(H,31,32). The predicted molar refractivity (Wildman–Crippen MR) is 131 cm³/mol. The Hall–Kier alpha value is -3.35. The molecular weight excluding hydrogens is 444 g/mol. The maximum Gasteiger partial charge on any atom is 0.408 e. The van der Waals surface area contributed by atoms with Crippen molar-refractivity contribution >= 4 is 18.0 Å². The molecule has 7 nitrogen and oxygen atoms in total. The molecule has 0 saturated heterocycles. The van der Waals surface area contributed by atoms with Crippen molar-refractivity contribution < 1.29 is 24.2 Å². The summed E-state index contributed by atoms with van der Waals surface area (Å²) in [6.45, 7) is 0.519. The van der Waals surface area contributed by atoms with Crippen molar-refractivity contribution in [2.24, 2.45) is 5.41 Å². The molecule has 3 aliphatic carbocycles. The lowest BCUT2D eigenvalue weighted by molar-refractivity contribution is -0.141. The number of carbonyl (C=O) groups is 3. The minimum Gasteiger partial charge on any atom is -0.481 e. The number of aliphatic carboxylic acids is 1. The van der Waals surface area contributed by atoms with Crippen molar-refractivity contribution in [1.82, 2.24) is 10.6 Å². The van der Waals surface area contributed by atoms with Gasteiger partial charge in [0.25, 0.3) is 0 Å². The second-order valence-electron chi connectivity index (χ2n) is 10.3. The van der Waals surface area contributed by atoms with Crippen molar-refractivity contribution in [2.45, 2.75) is 62.8 Å². The van der Waals surface area contributed by atoms with Gasteiger partial charge in [-0.2, -0.15) is 0 Å². The Balaban J connectivity index is 1.18. The van der Waals surface area contributed by atoms with Crippen molar-refractivity contribution in [3.8, 4) is 11.1 Å². The molecule has 0 aliphatic heterocycles. The van der Waals surface area contributed by atoms with Gasteiger partial charge in [0.15, 0.2) is 0 Å². The van der Waals surface area contributed by atoms with Gasteiger partial charge >= 0.3 is 12.1 Å². The molecular formula is C28H32N2O5. The summed E-state index contributed by atoms with van der Waals surface area (Å²) in [4.78, 5) is 37.1. The van der Waals surface area contributed by atoms with Crippen molar-refractivity contribution in [3.63, 3.8) is 0 Å². The number of fused-ring (bicyclic) bond motifs is 3. The van der Waals surface area contributed by atoms with Gasteiger partial charge in [-0.1, -0.05) is 67.8 Å². The number of benzene rings is 2. The van der Waals surface area contributed by atoms with Crippen LogP contribution in [0.2, 0.25) is 0 Å². The minimum absolute atomic E-state index is 0.0423. The number of hydrogen-bond acceptors (Lipinski definition) is 4. The highest BCUT2D eigenvalue weighted by molar-refractivity contribution is 5.93. The number of ether oxygens (including phenoxy) is 1. The van der Waals surface area contributed by atoms with E-state index >= 15 is 0 Å². The smallest absolute Gasteiger partial charge is 0.408 e. The summed E-state index contributed by atoms with van der Waals surface area (Å²) in [5, 5.41) is 15.1. The third-order valence-electron chi connectivity index (χ3n) is 7.93. The molecule has 2 saturated carbocycles. The molecule has 184 valence electrons. The lowest BCUT2D eigenvalue weighted by Gasteiger charge is -2.36. The Kier molecular flexibility index (Phi) is 6.26. The zero-order valence-corrected chi connectivity index (χ0v) is 19.8. The molecule has 3 N–H and O–H groups in total. The molecule has 0 unspecified atom stereocenters. The van der Waals surface area contributed by atoms with Crippen LogP contribution in [0, 0.1) is 5.41 Å². The third kappa shape index (κ3) is 4.77. The van der Waals surface area contributed by atoms with Crippen LogP contribution in [0.1, 0.15) is 68.4 Å². The topological polar surface area (TPSA) is 105 Å². The van der Waals surface area contributed by atoms with E-state index in [0.717, 1.165) is 54.4 Å². The summed E-state index contributed by atoms with van der Waals surface area (Å²) in [5.74, 6) is -1.13. The average molecular weight is 477 g/mol. The van der Waals surface area contributed by atoms with Crippen LogP contribution < -0.4 is 10.6 Å². The fourth-order valence-corrected chi connectivity index (χ4v) is 5.84. The number of nitrogens with one attached hydrogen (secondary N) is 2. The largest absolute Gasteiger partial charge is 0.481 e. The van der Waals surface area contributed by atoms with Crippen molar-refractivity contribution in [2.75, 3.05) is 13.2 Å². The Labute approximate surface area is 205 Å². The van der Waals surface area contributed by atoms with Gasteiger partial charge in [-0.05, 0) is 53.4 Å². The molecule has 0 bridgehead atoms. The molecule has 2 amide bonds. The Morgan fingerprint density at radius 2 is 1.49 bits per heavy atom. The Bertz CT molecular complexity index is 1090. The molecule has 0 spiro atoms. The molecule has 2 aromatic rings. The maximum atomic E-state index is 13.0. The van der Waals surface area contributed by atoms with Gasteiger partial charge in [-0.3, -0.25) is 9.59 Å². The van der Waals surface area contributed by atoms with E-state index in [9.17, 15) is 19.5 Å². The number of hydrogen-bond donors (Lipinski definition) is 3. The van der Waals surface area contributed by atoms with E-state index in [1.165, 1.54) is 0 Å². The number of carbonyl (C=O) groups excluding carboxylic acids is 2. The summed E-state index contributed by atoms with van der Waals surface area (Å²) >= 11 is 0. The van der Waals surface area contributed by atoms with Gasteiger partial charge < -0.3 is 20.5 Å². The summed E-state index contributed by atoms with van der Waals surface area (Å²) in [5.41, 5.74) is 3.23. The van der Waals surface area contributed by atoms with E-state index < -0.39 is 23.0 Å². The van der Waals surface area contributed by atoms with Crippen LogP contribution >= 0.6 is 0 Å². The van der Waals surface area contributed by atoms with E-state index in [0.29, 0.717) is 19.4 Å². The number of rotatable bonds is 8. The summed E-state index contributed by atoms with van der Waals surface area (Å²) in [7, 11) is 0. The first kappa shape index (κ1) is 23.4.